The molecule has 0 spiro atoms. The van der Waals surface area contributed by atoms with Crippen molar-refractivity contribution in [2.75, 3.05) is 6.67 Å². The summed E-state index contributed by atoms with van der Waals surface area (Å²) in [6.07, 6.45) is 0. The number of carbonyl (C=O) groups excluding carboxylic acids is 1. The molecule has 0 amide bonds. The van der Waals surface area contributed by atoms with E-state index in [4.69, 9.17) is 0 Å². The van der Waals surface area contributed by atoms with E-state index < -0.39 is 12.5 Å². The van der Waals surface area contributed by atoms with Gasteiger partial charge in [0.1, 0.15) is 0 Å². The molecule has 2 aromatic heterocycles. The average molecular weight is 465 g/mol. The number of hydrogen-bond donors (Lipinski definition) is 0. The molecule has 0 saturated heterocycles. The number of thiophene rings is 2. The molecule has 1 nitrogen and oxygen atoms in total. The Hall–Kier alpha value is 0.440. The van der Waals surface area contributed by atoms with Crippen LogP contribution in [0.3, 0.4) is 0 Å². The molecular formula is C10H6Br3FOS2. The highest BCUT2D eigenvalue weighted by atomic mass is 79.9. The lowest BCUT2D eigenvalue weighted by Crippen LogP contribution is -1.97. The average Bonchev–Trinajstić information content (AvgIpc) is 2.89. The van der Waals surface area contributed by atoms with E-state index in [0.29, 0.717) is 9.35 Å². The number of alkyl halides is 1. The van der Waals surface area contributed by atoms with Gasteiger partial charge in [-0.15, -0.1) is 22.7 Å². The third kappa shape index (κ3) is 4.90. The van der Waals surface area contributed by atoms with Crippen LogP contribution in [0.2, 0.25) is 0 Å². The molecule has 0 aliphatic carbocycles. The fourth-order valence-corrected chi connectivity index (χ4v) is 3.89. The zero-order valence-corrected chi connectivity index (χ0v) is 14.6. The minimum atomic E-state index is -0.918. The Labute approximate surface area is 131 Å². The highest BCUT2D eigenvalue weighted by Gasteiger charge is 2.09. The first kappa shape index (κ1) is 15.5. The van der Waals surface area contributed by atoms with Gasteiger partial charge in [-0.2, -0.15) is 0 Å². The van der Waals surface area contributed by atoms with E-state index in [1.807, 2.05) is 11.4 Å². The molecule has 0 saturated carbocycles. The van der Waals surface area contributed by atoms with Crippen LogP contribution < -0.4 is 0 Å². The van der Waals surface area contributed by atoms with Crippen LogP contribution in [-0.2, 0) is 0 Å². The lowest BCUT2D eigenvalue weighted by atomic mass is 10.3. The summed E-state index contributed by atoms with van der Waals surface area (Å²) in [4.78, 5) is 11.2. The van der Waals surface area contributed by atoms with Gasteiger partial charge in [0.25, 0.3) is 0 Å². The van der Waals surface area contributed by atoms with Crippen LogP contribution in [0.5, 0.6) is 0 Å². The lowest BCUT2D eigenvalue weighted by molar-refractivity contribution is 0.0962. The first-order chi connectivity index (χ1) is 8.06. The predicted octanol–water partition coefficient (Wildman–Crippen LogP) is 5.94. The van der Waals surface area contributed by atoms with Crippen molar-refractivity contribution in [3.05, 3.63) is 40.5 Å². The van der Waals surface area contributed by atoms with Gasteiger partial charge in [-0.3, -0.25) is 4.79 Å². The first-order valence-corrected chi connectivity index (χ1v) is 8.40. The smallest absolute Gasteiger partial charge is 0.204 e. The van der Waals surface area contributed by atoms with Crippen molar-refractivity contribution in [3.8, 4) is 0 Å². The van der Waals surface area contributed by atoms with Crippen LogP contribution in [0, 0.1) is 0 Å². The van der Waals surface area contributed by atoms with E-state index in [1.165, 1.54) is 11.3 Å². The van der Waals surface area contributed by atoms with Gasteiger partial charge in [0.15, 0.2) is 6.67 Å². The normalized spacial score (nSPS) is 9.65. The van der Waals surface area contributed by atoms with Crippen molar-refractivity contribution in [2.24, 2.45) is 0 Å². The molecule has 0 aromatic carbocycles. The van der Waals surface area contributed by atoms with Gasteiger partial charge in [0, 0.05) is 8.95 Å². The van der Waals surface area contributed by atoms with E-state index in [-0.39, 0.29) is 0 Å². The molecule has 0 radical (unpaired) electrons. The van der Waals surface area contributed by atoms with E-state index in [2.05, 4.69) is 47.8 Å². The molecule has 0 atom stereocenters. The summed E-state index contributed by atoms with van der Waals surface area (Å²) in [5.74, 6) is -0.457. The topological polar surface area (TPSA) is 17.1 Å². The highest BCUT2D eigenvalue weighted by molar-refractivity contribution is 9.13. The van der Waals surface area contributed by atoms with Gasteiger partial charge in [-0.1, -0.05) is 0 Å². The van der Waals surface area contributed by atoms with Gasteiger partial charge >= 0.3 is 0 Å². The molecule has 0 bridgehead atoms. The fraction of sp³-hybridized carbons (Fsp3) is 0.100. The molecule has 17 heavy (non-hydrogen) atoms. The van der Waals surface area contributed by atoms with Crippen LogP contribution >= 0.6 is 70.5 Å². The molecule has 0 N–H and O–H groups in total. The molecule has 0 fully saturated rings. The molecule has 2 rings (SSSR count). The molecule has 0 aliphatic rings. The van der Waals surface area contributed by atoms with Crippen LogP contribution in [0.15, 0.2) is 35.6 Å². The zero-order chi connectivity index (χ0) is 12.8. The number of Topliss-reactive ketones (excluding diaryl/α,β-unsaturated/α-hetero) is 1. The first-order valence-electron chi connectivity index (χ1n) is 4.27. The third-order valence-corrected chi connectivity index (χ3v) is 6.59. The lowest BCUT2D eigenvalue weighted by Gasteiger charge is -1.88. The summed E-state index contributed by atoms with van der Waals surface area (Å²) < 4.78 is 14.7. The number of hydrogen-bond acceptors (Lipinski definition) is 3. The molecule has 2 aromatic rings. The molecule has 92 valence electrons. The van der Waals surface area contributed by atoms with E-state index in [9.17, 15) is 9.18 Å². The summed E-state index contributed by atoms with van der Waals surface area (Å²) in [5, 5.41) is 3.77. The van der Waals surface area contributed by atoms with Crippen LogP contribution in [0.25, 0.3) is 0 Å². The molecule has 0 unspecified atom stereocenters. The fourth-order valence-electron chi connectivity index (χ4n) is 0.829. The Morgan fingerprint density at radius 3 is 2.00 bits per heavy atom. The standard InChI is InChI=1S/C6H4BrFOS.C4H2Br2S/c7-4-1-2-10-6(4)5(9)3-8;5-3-1-2-7-4(3)6/h1-2H,3H2;1-2H. The summed E-state index contributed by atoms with van der Waals surface area (Å²) in [7, 11) is 0. The molecule has 2 heterocycles. The van der Waals surface area contributed by atoms with Crippen molar-refractivity contribution < 1.29 is 9.18 Å². The summed E-state index contributed by atoms with van der Waals surface area (Å²) in [5.41, 5.74) is 0. The Balaban J connectivity index is 0.000000181. The summed E-state index contributed by atoms with van der Waals surface area (Å²) >= 11 is 12.7. The minimum Gasteiger partial charge on any atom is -0.290 e. The van der Waals surface area contributed by atoms with Gasteiger partial charge in [-0.25, -0.2) is 4.39 Å². The van der Waals surface area contributed by atoms with Gasteiger partial charge < -0.3 is 0 Å². The highest BCUT2D eigenvalue weighted by Crippen LogP contribution is 2.27. The van der Waals surface area contributed by atoms with Crippen LogP contribution in [0.1, 0.15) is 9.67 Å². The second-order valence-electron chi connectivity index (χ2n) is 2.70. The Bertz CT molecular complexity index is 479. The largest absolute Gasteiger partial charge is 0.290 e. The second kappa shape index (κ2) is 7.78. The Morgan fingerprint density at radius 2 is 1.71 bits per heavy atom. The summed E-state index contributed by atoms with van der Waals surface area (Å²) in [6, 6.07) is 3.74. The maximum absolute atomic E-state index is 11.8. The van der Waals surface area contributed by atoms with Gasteiger partial charge in [0.05, 0.1) is 8.66 Å². The van der Waals surface area contributed by atoms with E-state index in [1.54, 1.807) is 22.8 Å². The van der Waals surface area contributed by atoms with E-state index in [0.717, 1.165) is 8.26 Å². The quantitative estimate of drug-likeness (QED) is 0.503. The zero-order valence-electron chi connectivity index (χ0n) is 8.25. The van der Waals surface area contributed by atoms with Gasteiger partial charge in [0.2, 0.25) is 5.78 Å². The van der Waals surface area contributed by atoms with Crippen molar-refractivity contribution in [2.45, 2.75) is 0 Å². The minimum absolute atomic E-state index is 0.457. The van der Waals surface area contributed by atoms with Crippen LogP contribution in [-0.4, -0.2) is 12.5 Å². The summed E-state index contributed by atoms with van der Waals surface area (Å²) in [6.45, 7) is -0.918. The Kier molecular flexibility index (Phi) is 7.10. The Morgan fingerprint density at radius 1 is 1.12 bits per heavy atom. The number of carbonyl (C=O) groups is 1. The van der Waals surface area contributed by atoms with Crippen molar-refractivity contribution in [1.29, 1.82) is 0 Å². The van der Waals surface area contributed by atoms with Crippen molar-refractivity contribution >= 4 is 76.2 Å². The van der Waals surface area contributed by atoms with Crippen molar-refractivity contribution in [1.82, 2.24) is 0 Å². The number of ketones is 1. The van der Waals surface area contributed by atoms with Crippen molar-refractivity contribution in [3.63, 3.8) is 0 Å². The van der Waals surface area contributed by atoms with Gasteiger partial charge in [-0.05, 0) is 70.7 Å². The predicted molar refractivity (Wildman–Crippen MR) is 82.0 cm³/mol. The third-order valence-electron chi connectivity index (χ3n) is 1.57. The molecule has 0 aliphatic heterocycles. The number of halogens is 4. The SMILES string of the molecule is Brc1ccsc1Br.O=C(CF)c1sccc1Br. The van der Waals surface area contributed by atoms with Crippen LogP contribution in [0.4, 0.5) is 4.39 Å². The second-order valence-corrected chi connectivity index (χ2v) is 7.56. The maximum Gasteiger partial charge on any atom is 0.204 e. The molecule has 7 heteroatoms. The number of rotatable bonds is 2. The van der Waals surface area contributed by atoms with E-state index >= 15 is 0 Å². The maximum atomic E-state index is 11.8. The molecular weight excluding hydrogens is 459 g/mol. The monoisotopic (exact) mass is 462 g/mol.